The van der Waals surface area contributed by atoms with Crippen LogP contribution in [0.25, 0.3) is 10.8 Å². The summed E-state index contributed by atoms with van der Waals surface area (Å²) >= 11 is 0. The van der Waals surface area contributed by atoms with E-state index in [1.165, 1.54) is 4.90 Å². The van der Waals surface area contributed by atoms with E-state index in [-0.39, 0.29) is 25.0 Å². The topological polar surface area (TPSA) is 83.6 Å². The molecule has 2 N–H and O–H groups in total. The number of hydrogen-bond acceptors (Lipinski definition) is 5. The number of amides is 2. The van der Waals surface area contributed by atoms with Crippen molar-refractivity contribution in [1.82, 2.24) is 10.3 Å². The van der Waals surface area contributed by atoms with Gasteiger partial charge in [-0.2, -0.15) is 0 Å². The number of anilines is 2. The fraction of sp³-hybridized carbons (Fsp3) is 0.190. The van der Waals surface area contributed by atoms with Crippen LogP contribution < -0.4 is 20.3 Å². The van der Waals surface area contributed by atoms with E-state index in [1.54, 1.807) is 18.3 Å². The van der Waals surface area contributed by atoms with Gasteiger partial charge in [0.1, 0.15) is 6.54 Å². The third kappa shape index (κ3) is 3.73. The highest BCUT2D eigenvalue weighted by molar-refractivity contribution is 6.01. The molecule has 4 rings (SSSR count). The summed E-state index contributed by atoms with van der Waals surface area (Å²) in [6, 6.07) is 17.7. The van der Waals surface area contributed by atoms with E-state index in [0.717, 1.165) is 16.5 Å². The number of aromatic nitrogens is 1. The molecule has 0 radical (unpaired) electrons. The van der Waals surface area contributed by atoms with E-state index >= 15 is 0 Å². The van der Waals surface area contributed by atoms with E-state index in [2.05, 4.69) is 33.8 Å². The van der Waals surface area contributed by atoms with Crippen molar-refractivity contribution >= 4 is 34.1 Å². The molecular weight excluding hydrogens is 356 g/mol. The Morgan fingerprint density at radius 2 is 1.93 bits per heavy atom. The van der Waals surface area contributed by atoms with Crippen LogP contribution in [0.2, 0.25) is 0 Å². The number of benzene rings is 2. The number of hydrogen-bond donors (Lipinski definition) is 2. The minimum absolute atomic E-state index is 0.0829. The minimum atomic E-state index is -0.282. The average Bonchev–Trinajstić information content (AvgIpc) is 2.73. The zero-order valence-corrected chi connectivity index (χ0v) is 15.2. The van der Waals surface area contributed by atoms with Crippen molar-refractivity contribution in [2.45, 2.75) is 0 Å². The SMILES string of the molecule is O=C(CN1C(=O)COc2cccnc21)NCCNc1cccc2ccccc12. The quantitative estimate of drug-likeness (QED) is 0.645. The second-order valence-electron chi connectivity index (χ2n) is 6.40. The summed E-state index contributed by atoms with van der Waals surface area (Å²) in [5.74, 6) is 0.358. The molecule has 2 heterocycles. The Morgan fingerprint density at radius 1 is 1.07 bits per heavy atom. The first-order valence-corrected chi connectivity index (χ1v) is 9.09. The number of carbonyl (C=O) groups excluding carboxylic acids is 2. The predicted molar refractivity (Wildman–Crippen MR) is 108 cm³/mol. The smallest absolute Gasteiger partial charge is 0.266 e. The van der Waals surface area contributed by atoms with Gasteiger partial charge in [0.05, 0.1) is 0 Å². The molecule has 0 spiro atoms. The van der Waals surface area contributed by atoms with Gasteiger partial charge in [0.2, 0.25) is 5.91 Å². The number of nitrogens with zero attached hydrogens (tertiary/aromatic N) is 2. The third-order valence-corrected chi connectivity index (χ3v) is 4.51. The number of rotatable bonds is 6. The van der Waals surface area contributed by atoms with Gasteiger partial charge >= 0.3 is 0 Å². The van der Waals surface area contributed by atoms with Crippen molar-refractivity contribution in [2.24, 2.45) is 0 Å². The summed E-state index contributed by atoms with van der Waals surface area (Å²) < 4.78 is 5.33. The number of fused-ring (bicyclic) bond motifs is 2. The van der Waals surface area contributed by atoms with E-state index in [9.17, 15) is 9.59 Å². The number of carbonyl (C=O) groups is 2. The molecule has 28 heavy (non-hydrogen) atoms. The van der Waals surface area contributed by atoms with Crippen LogP contribution in [0.5, 0.6) is 5.75 Å². The lowest BCUT2D eigenvalue weighted by Gasteiger charge is -2.27. The van der Waals surface area contributed by atoms with Gasteiger partial charge in [0.15, 0.2) is 18.2 Å². The fourth-order valence-corrected chi connectivity index (χ4v) is 3.17. The molecule has 0 fully saturated rings. The molecule has 0 saturated heterocycles. The van der Waals surface area contributed by atoms with Gasteiger partial charge in [0, 0.05) is 30.4 Å². The lowest BCUT2D eigenvalue weighted by Crippen LogP contribution is -2.46. The average molecular weight is 376 g/mol. The first-order chi connectivity index (χ1) is 13.7. The summed E-state index contributed by atoms with van der Waals surface area (Å²) in [5.41, 5.74) is 1.02. The van der Waals surface area contributed by atoms with E-state index in [1.807, 2.05) is 24.3 Å². The molecule has 0 saturated carbocycles. The first-order valence-electron chi connectivity index (χ1n) is 9.09. The highest BCUT2D eigenvalue weighted by Gasteiger charge is 2.28. The molecule has 7 heteroatoms. The normalized spacial score (nSPS) is 13.0. The Kier molecular flexibility index (Phi) is 5.05. The van der Waals surface area contributed by atoms with E-state index in [0.29, 0.717) is 24.7 Å². The molecule has 142 valence electrons. The maximum Gasteiger partial charge on any atom is 0.266 e. The summed E-state index contributed by atoms with van der Waals surface area (Å²) in [7, 11) is 0. The summed E-state index contributed by atoms with van der Waals surface area (Å²) in [6.45, 7) is 0.844. The van der Waals surface area contributed by atoms with Gasteiger partial charge < -0.3 is 15.4 Å². The van der Waals surface area contributed by atoms with Crippen LogP contribution in [-0.4, -0.2) is 43.0 Å². The highest BCUT2D eigenvalue weighted by atomic mass is 16.5. The largest absolute Gasteiger partial charge is 0.480 e. The standard InChI is InChI=1S/C21H20N4O3/c26-19(13-25-20(27)14-28-18-9-4-10-24-21(18)25)23-12-11-22-17-8-3-6-15-5-1-2-7-16(15)17/h1-10,22H,11-14H2,(H,23,26). The highest BCUT2D eigenvalue weighted by Crippen LogP contribution is 2.28. The molecular formula is C21H20N4O3. The van der Waals surface area contributed by atoms with Crippen molar-refractivity contribution in [3.8, 4) is 5.75 Å². The second kappa shape index (κ2) is 7.96. The summed E-state index contributed by atoms with van der Waals surface area (Å²) in [5, 5.41) is 8.48. The molecule has 0 atom stereocenters. The van der Waals surface area contributed by atoms with Crippen molar-refractivity contribution in [1.29, 1.82) is 0 Å². The Labute approximate surface area is 162 Å². The van der Waals surface area contributed by atoms with Crippen molar-refractivity contribution < 1.29 is 14.3 Å². The molecule has 7 nitrogen and oxygen atoms in total. The molecule has 0 bridgehead atoms. The van der Waals surface area contributed by atoms with Crippen LogP contribution in [0, 0.1) is 0 Å². The number of pyridine rings is 1. The molecule has 0 unspecified atom stereocenters. The zero-order chi connectivity index (χ0) is 19.3. The maximum absolute atomic E-state index is 12.3. The zero-order valence-electron chi connectivity index (χ0n) is 15.2. The van der Waals surface area contributed by atoms with Crippen LogP contribution in [0.3, 0.4) is 0 Å². The third-order valence-electron chi connectivity index (χ3n) is 4.51. The predicted octanol–water partition coefficient (Wildman–Crippen LogP) is 2.19. The van der Waals surface area contributed by atoms with E-state index in [4.69, 9.17) is 4.74 Å². The van der Waals surface area contributed by atoms with Crippen molar-refractivity contribution in [2.75, 3.05) is 36.5 Å². The van der Waals surface area contributed by atoms with Gasteiger partial charge in [-0.15, -0.1) is 0 Å². The Balaban J connectivity index is 1.31. The van der Waals surface area contributed by atoms with Crippen molar-refractivity contribution in [3.63, 3.8) is 0 Å². The molecule has 1 aromatic heterocycles. The maximum atomic E-state index is 12.3. The number of nitrogens with one attached hydrogen (secondary N) is 2. The Morgan fingerprint density at radius 3 is 2.86 bits per heavy atom. The van der Waals surface area contributed by atoms with E-state index < -0.39 is 0 Å². The van der Waals surface area contributed by atoms with Crippen LogP contribution in [0.1, 0.15) is 0 Å². The molecule has 2 aromatic carbocycles. The molecule has 1 aliphatic heterocycles. The lowest BCUT2D eigenvalue weighted by atomic mass is 10.1. The molecule has 0 aliphatic carbocycles. The van der Waals surface area contributed by atoms with Gasteiger partial charge in [-0.05, 0) is 23.6 Å². The first kappa shape index (κ1) is 17.8. The van der Waals surface area contributed by atoms with Gasteiger partial charge in [-0.3, -0.25) is 14.5 Å². The second-order valence-corrected chi connectivity index (χ2v) is 6.40. The lowest BCUT2D eigenvalue weighted by molar-refractivity contribution is -0.125. The van der Waals surface area contributed by atoms with Crippen LogP contribution in [0.4, 0.5) is 11.5 Å². The molecule has 2 amide bonds. The summed E-state index contributed by atoms with van der Waals surface area (Å²) in [6.07, 6.45) is 1.57. The fourth-order valence-electron chi connectivity index (χ4n) is 3.17. The molecule has 3 aromatic rings. The van der Waals surface area contributed by atoms with Crippen LogP contribution >= 0.6 is 0 Å². The Hall–Kier alpha value is -3.61. The minimum Gasteiger partial charge on any atom is -0.480 e. The van der Waals surface area contributed by atoms with Crippen LogP contribution in [0.15, 0.2) is 60.8 Å². The summed E-state index contributed by atoms with van der Waals surface area (Å²) in [4.78, 5) is 29.9. The van der Waals surface area contributed by atoms with Gasteiger partial charge in [-0.25, -0.2) is 4.98 Å². The van der Waals surface area contributed by atoms with Gasteiger partial charge in [-0.1, -0.05) is 36.4 Å². The van der Waals surface area contributed by atoms with Crippen LogP contribution in [-0.2, 0) is 9.59 Å². The van der Waals surface area contributed by atoms with Gasteiger partial charge in [0.25, 0.3) is 5.91 Å². The monoisotopic (exact) mass is 376 g/mol. The molecule has 1 aliphatic rings. The number of ether oxygens (including phenoxy) is 1. The van der Waals surface area contributed by atoms with Crippen molar-refractivity contribution in [3.05, 3.63) is 60.8 Å². The Bertz CT molecular complexity index is 1020.